The third kappa shape index (κ3) is 2.81. The van der Waals surface area contributed by atoms with E-state index in [2.05, 4.69) is 21.9 Å². The summed E-state index contributed by atoms with van der Waals surface area (Å²) in [5, 5.41) is 0. The van der Waals surface area contributed by atoms with Gasteiger partial charge in [0, 0.05) is 30.4 Å². The lowest BCUT2D eigenvalue weighted by Crippen LogP contribution is -2.41. The molecule has 108 valence electrons. The molecule has 2 heterocycles. The quantitative estimate of drug-likeness (QED) is 0.866. The molecule has 4 heteroatoms. The average molecular weight is 289 g/mol. The molecule has 20 heavy (non-hydrogen) atoms. The van der Waals surface area contributed by atoms with E-state index in [-0.39, 0.29) is 0 Å². The molecular formula is C16H23N3S. The maximum absolute atomic E-state index is 5.85. The number of rotatable bonds is 3. The van der Waals surface area contributed by atoms with E-state index in [9.17, 15) is 0 Å². The lowest BCUT2D eigenvalue weighted by atomic mass is 10.1. The van der Waals surface area contributed by atoms with E-state index in [4.69, 9.17) is 18.0 Å². The minimum Gasteiger partial charge on any atom is -0.389 e. The number of para-hydroxylation sites is 1. The van der Waals surface area contributed by atoms with Crippen LogP contribution in [0, 0.1) is 0 Å². The molecule has 3 nitrogen and oxygen atoms in total. The van der Waals surface area contributed by atoms with Gasteiger partial charge in [0.05, 0.1) is 0 Å². The second kappa shape index (κ2) is 6.10. The number of nitrogens with zero attached hydrogens (tertiary/aromatic N) is 2. The summed E-state index contributed by atoms with van der Waals surface area (Å²) >= 11 is 5.18. The van der Waals surface area contributed by atoms with Crippen LogP contribution in [0.15, 0.2) is 24.3 Å². The molecule has 0 radical (unpaired) electrons. The summed E-state index contributed by atoms with van der Waals surface area (Å²) in [6, 6.07) is 8.97. The fourth-order valence-electron chi connectivity index (χ4n) is 3.50. The molecule has 0 saturated carbocycles. The lowest BCUT2D eigenvalue weighted by Gasteiger charge is -2.32. The fraction of sp³-hybridized carbons (Fsp3) is 0.562. The van der Waals surface area contributed by atoms with Gasteiger partial charge in [0.15, 0.2) is 0 Å². The predicted molar refractivity (Wildman–Crippen MR) is 88.4 cm³/mol. The zero-order valence-corrected chi connectivity index (χ0v) is 12.7. The third-order valence-corrected chi connectivity index (χ3v) is 4.80. The van der Waals surface area contributed by atoms with Crippen LogP contribution in [0.5, 0.6) is 0 Å². The summed E-state index contributed by atoms with van der Waals surface area (Å²) < 4.78 is 0. The number of piperidine rings is 1. The monoisotopic (exact) mass is 289 g/mol. The second-order valence-electron chi connectivity index (χ2n) is 5.87. The Labute approximate surface area is 126 Å². The first-order valence-corrected chi connectivity index (χ1v) is 8.04. The van der Waals surface area contributed by atoms with Gasteiger partial charge in [-0.3, -0.25) is 4.90 Å². The molecule has 0 amide bonds. The van der Waals surface area contributed by atoms with Gasteiger partial charge < -0.3 is 10.6 Å². The Morgan fingerprint density at radius 1 is 1.10 bits per heavy atom. The Balaban J connectivity index is 1.72. The van der Waals surface area contributed by atoms with Crippen molar-refractivity contribution in [2.24, 2.45) is 5.73 Å². The summed E-state index contributed by atoms with van der Waals surface area (Å²) in [7, 11) is 0. The van der Waals surface area contributed by atoms with Crippen LogP contribution in [0.2, 0.25) is 0 Å². The lowest BCUT2D eigenvalue weighted by molar-refractivity contribution is 0.175. The van der Waals surface area contributed by atoms with E-state index in [0.29, 0.717) is 11.0 Å². The molecule has 1 unspecified atom stereocenters. The van der Waals surface area contributed by atoms with Gasteiger partial charge in [-0.1, -0.05) is 30.8 Å². The van der Waals surface area contributed by atoms with Gasteiger partial charge in [0.2, 0.25) is 0 Å². The van der Waals surface area contributed by atoms with E-state index in [0.717, 1.165) is 18.7 Å². The molecule has 2 aliphatic heterocycles. The van der Waals surface area contributed by atoms with Gasteiger partial charge in [-0.15, -0.1) is 0 Å². The van der Waals surface area contributed by atoms with Crippen LogP contribution in [0.1, 0.15) is 31.2 Å². The van der Waals surface area contributed by atoms with E-state index >= 15 is 0 Å². The van der Waals surface area contributed by atoms with Crippen molar-refractivity contribution in [3.05, 3.63) is 29.8 Å². The molecule has 2 N–H and O–H groups in total. The molecule has 0 spiro atoms. The number of thiocarbonyl (C=S) groups is 1. The number of benzene rings is 1. The first-order valence-electron chi connectivity index (χ1n) is 7.63. The van der Waals surface area contributed by atoms with Crippen molar-refractivity contribution >= 4 is 22.9 Å². The Morgan fingerprint density at radius 2 is 1.85 bits per heavy atom. The van der Waals surface area contributed by atoms with Crippen molar-refractivity contribution in [2.45, 2.75) is 31.7 Å². The van der Waals surface area contributed by atoms with Crippen molar-refractivity contribution in [2.75, 3.05) is 31.1 Å². The first-order chi connectivity index (χ1) is 9.75. The smallest absolute Gasteiger partial charge is 0.106 e. The summed E-state index contributed by atoms with van der Waals surface area (Å²) in [5.41, 5.74) is 8.08. The van der Waals surface area contributed by atoms with Crippen LogP contribution in [-0.4, -0.2) is 42.1 Å². The maximum atomic E-state index is 5.85. The SMILES string of the molecule is NC(=S)c1ccccc1N1CCC(N2CCCCC2)C1. The highest BCUT2D eigenvalue weighted by Gasteiger charge is 2.29. The zero-order valence-electron chi connectivity index (χ0n) is 11.9. The van der Waals surface area contributed by atoms with Crippen LogP contribution in [0.25, 0.3) is 0 Å². The van der Waals surface area contributed by atoms with Crippen molar-refractivity contribution in [1.29, 1.82) is 0 Å². The normalized spacial score (nSPS) is 24.0. The van der Waals surface area contributed by atoms with Gasteiger partial charge in [0.1, 0.15) is 4.99 Å². The third-order valence-electron chi connectivity index (χ3n) is 4.58. The predicted octanol–water partition coefficient (Wildman–Crippen LogP) is 2.39. The zero-order chi connectivity index (χ0) is 13.9. The summed E-state index contributed by atoms with van der Waals surface area (Å²) in [5.74, 6) is 0. The van der Waals surface area contributed by atoms with Crippen LogP contribution in [0.3, 0.4) is 0 Å². The van der Waals surface area contributed by atoms with Crippen molar-refractivity contribution in [3.63, 3.8) is 0 Å². The molecule has 1 aromatic rings. The minimum atomic E-state index is 0.502. The van der Waals surface area contributed by atoms with Crippen molar-refractivity contribution in [3.8, 4) is 0 Å². The second-order valence-corrected chi connectivity index (χ2v) is 6.31. The molecule has 2 fully saturated rings. The number of likely N-dealkylation sites (tertiary alicyclic amines) is 1. The van der Waals surface area contributed by atoms with Crippen molar-refractivity contribution < 1.29 is 0 Å². The number of nitrogens with two attached hydrogens (primary N) is 1. The standard InChI is InChI=1S/C16H23N3S/c17-16(20)14-6-2-3-7-15(14)19-11-8-13(12-19)18-9-4-1-5-10-18/h2-3,6-7,13H,1,4-5,8-12H2,(H2,17,20). The van der Waals surface area contributed by atoms with Crippen LogP contribution < -0.4 is 10.6 Å². The van der Waals surface area contributed by atoms with Gasteiger partial charge in [-0.25, -0.2) is 0 Å². The van der Waals surface area contributed by atoms with Crippen LogP contribution >= 0.6 is 12.2 Å². The number of anilines is 1. The van der Waals surface area contributed by atoms with Crippen molar-refractivity contribution in [1.82, 2.24) is 4.90 Å². The summed E-state index contributed by atoms with van der Waals surface area (Å²) in [6.45, 7) is 4.77. The number of hydrogen-bond acceptors (Lipinski definition) is 3. The fourth-order valence-corrected chi connectivity index (χ4v) is 3.67. The Hall–Kier alpha value is -1.13. The molecular weight excluding hydrogens is 266 g/mol. The van der Waals surface area contributed by atoms with E-state index in [1.165, 1.54) is 44.5 Å². The Kier molecular flexibility index (Phi) is 4.22. The van der Waals surface area contributed by atoms with Gasteiger partial charge in [-0.2, -0.15) is 0 Å². The average Bonchev–Trinajstić information content (AvgIpc) is 2.98. The van der Waals surface area contributed by atoms with E-state index in [1.54, 1.807) is 0 Å². The van der Waals surface area contributed by atoms with E-state index in [1.807, 2.05) is 12.1 Å². The Bertz CT molecular complexity index is 482. The number of hydrogen-bond donors (Lipinski definition) is 1. The van der Waals surface area contributed by atoms with Gasteiger partial charge in [0.25, 0.3) is 0 Å². The Morgan fingerprint density at radius 3 is 2.60 bits per heavy atom. The highest BCUT2D eigenvalue weighted by molar-refractivity contribution is 7.80. The highest BCUT2D eigenvalue weighted by atomic mass is 32.1. The maximum Gasteiger partial charge on any atom is 0.106 e. The van der Waals surface area contributed by atoms with Crippen LogP contribution in [-0.2, 0) is 0 Å². The molecule has 0 aromatic heterocycles. The minimum absolute atomic E-state index is 0.502. The summed E-state index contributed by atoms with van der Waals surface area (Å²) in [6.07, 6.45) is 5.38. The molecule has 3 rings (SSSR count). The molecule has 2 saturated heterocycles. The van der Waals surface area contributed by atoms with Crippen LogP contribution in [0.4, 0.5) is 5.69 Å². The topological polar surface area (TPSA) is 32.5 Å². The summed E-state index contributed by atoms with van der Waals surface area (Å²) in [4.78, 5) is 5.63. The largest absolute Gasteiger partial charge is 0.389 e. The molecule has 1 atom stereocenters. The molecule has 1 aromatic carbocycles. The molecule has 2 aliphatic rings. The molecule has 0 aliphatic carbocycles. The highest BCUT2D eigenvalue weighted by Crippen LogP contribution is 2.27. The first kappa shape index (κ1) is 13.8. The van der Waals surface area contributed by atoms with Gasteiger partial charge in [-0.05, 0) is 44.5 Å². The van der Waals surface area contributed by atoms with E-state index < -0.39 is 0 Å². The molecule has 0 bridgehead atoms. The van der Waals surface area contributed by atoms with Gasteiger partial charge >= 0.3 is 0 Å².